The van der Waals surface area contributed by atoms with Crippen LogP contribution in [0.15, 0.2) is 42.7 Å². The molecule has 3 aromatic rings. The van der Waals surface area contributed by atoms with Crippen LogP contribution in [0.25, 0.3) is 11.0 Å². The number of carbonyl (C=O) groups is 2. The number of nitrogens with zero attached hydrogens (tertiary/aromatic N) is 2. The second kappa shape index (κ2) is 6.57. The number of amides is 2. The maximum Gasteiger partial charge on any atom is 0.314 e. The molecule has 2 amide bonds. The molecule has 10 heteroatoms. The quantitative estimate of drug-likeness (QED) is 0.376. The Morgan fingerprint density at radius 1 is 1.12 bits per heavy atom. The fourth-order valence-corrected chi connectivity index (χ4v) is 2.27. The summed E-state index contributed by atoms with van der Waals surface area (Å²) in [6, 6.07) is 8.42. The van der Waals surface area contributed by atoms with Crippen LogP contribution in [0.3, 0.4) is 0 Å². The molecule has 1 aromatic heterocycles. The molecule has 3 N–H and O–H groups in total. The molecule has 126 valence electrons. The zero-order chi connectivity index (χ0) is 18.0. The average Bonchev–Trinajstić information content (AvgIpc) is 3.04. The van der Waals surface area contributed by atoms with Gasteiger partial charge in [0.15, 0.2) is 0 Å². The van der Waals surface area contributed by atoms with E-state index in [1.165, 1.54) is 18.5 Å². The second-order valence-corrected chi connectivity index (χ2v) is 5.37. The first-order valence-electron chi connectivity index (χ1n) is 6.93. The molecule has 0 bridgehead atoms. The monoisotopic (exact) mass is 359 g/mol. The molecule has 3 rings (SSSR count). The maximum atomic E-state index is 12.0. The number of nitro benzene ring substituents is 1. The van der Waals surface area contributed by atoms with E-state index in [1.807, 2.05) is 0 Å². The van der Waals surface area contributed by atoms with Gasteiger partial charge in [-0.25, -0.2) is 4.98 Å². The van der Waals surface area contributed by atoms with Crippen LogP contribution < -0.4 is 10.6 Å². The summed E-state index contributed by atoms with van der Waals surface area (Å²) < 4.78 is 0. The summed E-state index contributed by atoms with van der Waals surface area (Å²) >= 11 is 5.88. The fraction of sp³-hybridized carbons (Fsp3) is 0. The molecular weight excluding hydrogens is 350 g/mol. The van der Waals surface area contributed by atoms with E-state index in [2.05, 4.69) is 20.6 Å². The third-order valence-electron chi connectivity index (χ3n) is 3.29. The Balaban J connectivity index is 1.73. The summed E-state index contributed by atoms with van der Waals surface area (Å²) in [5.41, 5.74) is 1.51. The number of rotatable bonds is 3. The molecule has 25 heavy (non-hydrogen) atoms. The SMILES string of the molecule is O=C(Nc1ccc2nc[nH]c2c1)C(=O)Nc1cc([N+](=O)[O-])ccc1Cl. The molecule has 9 nitrogen and oxygen atoms in total. The Hall–Kier alpha value is -3.46. The van der Waals surface area contributed by atoms with Gasteiger partial charge in [0.05, 0.1) is 33.0 Å². The van der Waals surface area contributed by atoms with Gasteiger partial charge in [0.25, 0.3) is 5.69 Å². The van der Waals surface area contributed by atoms with Gasteiger partial charge in [-0.05, 0) is 24.3 Å². The fourth-order valence-electron chi connectivity index (χ4n) is 2.10. The highest BCUT2D eigenvalue weighted by Crippen LogP contribution is 2.26. The van der Waals surface area contributed by atoms with E-state index in [4.69, 9.17) is 11.6 Å². The minimum Gasteiger partial charge on any atom is -0.345 e. The van der Waals surface area contributed by atoms with Crippen molar-refractivity contribution >= 4 is 51.5 Å². The Labute approximate surface area is 145 Å². The Bertz CT molecular complexity index is 1000. The molecule has 2 aromatic carbocycles. The minimum absolute atomic E-state index is 0.0277. The Morgan fingerprint density at radius 3 is 2.64 bits per heavy atom. The third kappa shape index (κ3) is 3.56. The molecule has 0 saturated heterocycles. The number of H-pyrrole nitrogens is 1. The average molecular weight is 360 g/mol. The van der Waals surface area contributed by atoms with Gasteiger partial charge in [0.1, 0.15) is 0 Å². The van der Waals surface area contributed by atoms with E-state index < -0.39 is 16.7 Å². The number of fused-ring (bicyclic) bond motifs is 1. The number of nitro groups is 1. The summed E-state index contributed by atoms with van der Waals surface area (Å²) in [5, 5.41) is 15.5. The van der Waals surface area contributed by atoms with Gasteiger partial charge >= 0.3 is 11.8 Å². The van der Waals surface area contributed by atoms with Crippen LogP contribution in [0.2, 0.25) is 5.02 Å². The molecule has 0 radical (unpaired) electrons. The second-order valence-electron chi connectivity index (χ2n) is 4.96. The van der Waals surface area contributed by atoms with Crippen LogP contribution in [-0.4, -0.2) is 26.7 Å². The molecule has 0 aliphatic rings. The molecule has 0 saturated carbocycles. The van der Waals surface area contributed by atoms with Crippen LogP contribution >= 0.6 is 11.6 Å². The van der Waals surface area contributed by atoms with Crippen LogP contribution in [0.1, 0.15) is 0 Å². The van der Waals surface area contributed by atoms with Crippen molar-refractivity contribution in [1.82, 2.24) is 9.97 Å². The lowest BCUT2D eigenvalue weighted by molar-refractivity contribution is -0.384. The molecule has 1 heterocycles. The van der Waals surface area contributed by atoms with Crippen LogP contribution in [0.4, 0.5) is 17.1 Å². The Kier molecular flexibility index (Phi) is 4.31. The third-order valence-corrected chi connectivity index (χ3v) is 3.62. The molecule has 0 aliphatic heterocycles. The molecule has 0 aliphatic carbocycles. The lowest BCUT2D eigenvalue weighted by Crippen LogP contribution is -2.29. The van der Waals surface area contributed by atoms with E-state index in [9.17, 15) is 19.7 Å². The first-order chi connectivity index (χ1) is 11.9. The van der Waals surface area contributed by atoms with Crippen molar-refractivity contribution in [2.75, 3.05) is 10.6 Å². The van der Waals surface area contributed by atoms with Crippen LogP contribution in [0.5, 0.6) is 0 Å². The predicted molar refractivity (Wildman–Crippen MR) is 91.5 cm³/mol. The topological polar surface area (TPSA) is 130 Å². The standard InChI is InChI=1S/C15H10ClN5O4/c16-10-3-2-9(21(24)25)6-12(10)20-15(23)14(22)19-8-1-4-11-13(5-8)18-7-17-11/h1-7H,(H,17,18)(H,19,22)(H,20,23). The van der Waals surface area contributed by atoms with E-state index >= 15 is 0 Å². The van der Waals surface area contributed by atoms with Gasteiger partial charge in [-0.3, -0.25) is 19.7 Å². The lowest BCUT2D eigenvalue weighted by Gasteiger charge is -2.08. The molecule has 0 atom stereocenters. The van der Waals surface area contributed by atoms with Crippen molar-refractivity contribution in [2.24, 2.45) is 0 Å². The number of non-ortho nitro benzene ring substituents is 1. The normalized spacial score (nSPS) is 10.4. The Morgan fingerprint density at radius 2 is 1.88 bits per heavy atom. The first kappa shape index (κ1) is 16.4. The van der Waals surface area contributed by atoms with Gasteiger partial charge in [-0.2, -0.15) is 0 Å². The lowest BCUT2D eigenvalue weighted by atomic mass is 10.2. The molecule has 0 fully saturated rings. The summed E-state index contributed by atoms with van der Waals surface area (Å²) in [5.74, 6) is -1.95. The summed E-state index contributed by atoms with van der Waals surface area (Å²) in [4.78, 5) is 41.1. The van der Waals surface area contributed by atoms with Gasteiger partial charge < -0.3 is 15.6 Å². The van der Waals surface area contributed by atoms with Gasteiger partial charge in [-0.1, -0.05) is 11.6 Å². The number of carbonyl (C=O) groups excluding carboxylic acids is 2. The zero-order valence-corrected chi connectivity index (χ0v) is 13.2. The van der Waals surface area contributed by atoms with E-state index in [-0.39, 0.29) is 16.4 Å². The van der Waals surface area contributed by atoms with Crippen molar-refractivity contribution in [3.63, 3.8) is 0 Å². The number of benzene rings is 2. The van der Waals surface area contributed by atoms with E-state index in [0.29, 0.717) is 16.7 Å². The first-order valence-corrected chi connectivity index (χ1v) is 7.31. The van der Waals surface area contributed by atoms with Gasteiger partial charge in [0, 0.05) is 17.8 Å². The number of nitrogens with one attached hydrogen (secondary N) is 3. The number of hydrogen-bond acceptors (Lipinski definition) is 5. The number of aromatic nitrogens is 2. The highest BCUT2D eigenvalue weighted by molar-refractivity contribution is 6.44. The zero-order valence-electron chi connectivity index (χ0n) is 12.4. The number of aromatic amines is 1. The van der Waals surface area contributed by atoms with E-state index in [1.54, 1.807) is 18.2 Å². The largest absolute Gasteiger partial charge is 0.345 e. The molecular formula is C15H10ClN5O4. The highest BCUT2D eigenvalue weighted by atomic mass is 35.5. The summed E-state index contributed by atoms with van der Waals surface area (Å²) in [6.07, 6.45) is 1.51. The van der Waals surface area contributed by atoms with E-state index in [0.717, 1.165) is 6.07 Å². The van der Waals surface area contributed by atoms with Crippen molar-refractivity contribution in [3.05, 3.63) is 57.9 Å². The molecule has 0 unspecified atom stereocenters. The summed E-state index contributed by atoms with van der Waals surface area (Å²) in [6.45, 7) is 0. The smallest absolute Gasteiger partial charge is 0.314 e. The number of anilines is 2. The maximum absolute atomic E-state index is 12.0. The van der Waals surface area contributed by atoms with Gasteiger partial charge in [-0.15, -0.1) is 0 Å². The highest BCUT2D eigenvalue weighted by Gasteiger charge is 2.18. The summed E-state index contributed by atoms with van der Waals surface area (Å²) in [7, 11) is 0. The van der Waals surface area contributed by atoms with Crippen LogP contribution in [0, 0.1) is 10.1 Å². The van der Waals surface area contributed by atoms with Crippen LogP contribution in [-0.2, 0) is 9.59 Å². The number of hydrogen-bond donors (Lipinski definition) is 3. The number of halogens is 1. The predicted octanol–water partition coefficient (Wildman–Crippen LogP) is 2.70. The van der Waals surface area contributed by atoms with Crippen molar-refractivity contribution in [2.45, 2.75) is 0 Å². The van der Waals surface area contributed by atoms with Crippen molar-refractivity contribution in [3.8, 4) is 0 Å². The molecule has 0 spiro atoms. The van der Waals surface area contributed by atoms with Crippen molar-refractivity contribution < 1.29 is 14.5 Å². The number of imidazole rings is 1. The van der Waals surface area contributed by atoms with Crippen molar-refractivity contribution in [1.29, 1.82) is 0 Å². The minimum atomic E-state index is -1.01. The van der Waals surface area contributed by atoms with Gasteiger partial charge in [0.2, 0.25) is 0 Å².